The van der Waals surface area contributed by atoms with Gasteiger partial charge in [-0.3, -0.25) is 0 Å². The average Bonchev–Trinajstić information content (AvgIpc) is 2.57. The highest BCUT2D eigenvalue weighted by Crippen LogP contribution is 2.25. The van der Waals surface area contributed by atoms with E-state index in [2.05, 4.69) is 5.38 Å². The first-order chi connectivity index (χ1) is 6.34. The molecule has 0 saturated carbocycles. The molecule has 2 heteroatoms. The summed E-state index contributed by atoms with van der Waals surface area (Å²) in [5.41, 5.74) is 1.21. The zero-order valence-electron chi connectivity index (χ0n) is 7.28. The Kier molecular flexibility index (Phi) is 2.32. The molecule has 1 aromatic heterocycles. The van der Waals surface area contributed by atoms with Crippen LogP contribution in [0, 0.1) is 12.3 Å². The quantitative estimate of drug-likeness (QED) is 0.700. The summed E-state index contributed by atoms with van der Waals surface area (Å²) in [4.78, 5) is 0. The van der Waals surface area contributed by atoms with E-state index in [1.807, 2.05) is 43.3 Å². The molecular weight excluding hydrogens is 180 g/mol. The smallest absolute Gasteiger partial charge is 0.181 e. The average molecular weight is 189 g/mol. The first-order valence-electron chi connectivity index (χ1n) is 4.05. The predicted octanol–water partition coefficient (Wildman–Crippen LogP) is 3.65. The second-order valence-corrected chi connectivity index (χ2v) is 3.63. The van der Waals surface area contributed by atoms with Crippen LogP contribution < -0.4 is 4.74 Å². The lowest BCUT2D eigenvalue weighted by atomic mass is 10.2. The third-order valence-corrected chi connectivity index (χ3v) is 2.33. The van der Waals surface area contributed by atoms with Crippen LogP contribution in [0.25, 0.3) is 0 Å². The highest BCUT2D eigenvalue weighted by Gasteiger charge is 1.96. The molecule has 0 aliphatic rings. The monoisotopic (exact) mass is 189 g/mol. The van der Waals surface area contributed by atoms with Gasteiger partial charge in [-0.05, 0) is 36.8 Å². The Labute approximate surface area is 81.6 Å². The lowest BCUT2D eigenvalue weighted by Gasteiger charge is -2.02. The molecule has 0 spiro atoms. The van der Waals surface area contributed by atoms with E-state index in [1.165, 1.54) is 16.9 Å². The van der Waals surface area contributed by atoms with Crippen LogP contribution in [0.3, 0.4) is 0 Å². The molecule has 0 amide bonds. The summed E-state index contributed by atoms with van der Waals surface area (Å²) in [6.45, 7) is 2.05. The Bertz CT molecular complexity index is 379. The van der Waals surface area contributed by atoms with Crippen LogP contribution in [-0.4, -0.2) is 0 Å². The molecule has 0 aliphatic carbocycles. The van der Waals surface area contributed by atoms with Gasteiger partial charge in [-0.25, -0.2) is 0 Å². The Morgan fingerprint density at radius 1 is 1.31 bits per heavy atom. The van der Waals surface area contributed by atoms with Crippen molar-refractivity contribution < 1.29 is 4.74 Å². The number of thiophene rings is 1. The highest BCUT2D eigenvalue weighted by atomic mass is 32.1. The van der Waals surface area contributed by atoms with Gasteiger partial charge in [0.15, 0.2) is 5.06 Å². The molecule has 0 fully saturated rings. The van der Waals surface area contributed by atoms with Crippen LogP contribution in [0.1, 0.15) is 5.56 Å². The van der Waals surface area contributed by atoms with Crippen molar-refractivity contribution in [3.63, 3.8) is 0 Å². The summed E-state index contributed by atoms with van der Waals surface area (Å²) < 4.78 is 5.59. The third kappa shape index (κ3) is 2.10. The van der Waals surface area contributed by atoms with Crippen LogP contribution in [0.5, 0.6) is 10.8 Å². The zero-order chi connectivity index (χ0) is 9.10. The Hall–Kier alpha value is -1.28. The molecule has 1 aromatic carbocycles. The van der Waals surface area contributed by atoms with Gasteiger partial charge in [0.25, 0.3) is 0 Å². The molecule has 1 heterocycles. The molecule has 13 heavy (non-hydrogen) atoms. The molecule has 65 valence electrons. The molecule has 2 aromatic rings. The Morgan fingerprint density at radius 2 is 2.23 bits per heavy atom. The first kappa shape index (κ1) is 8.32. The van der Waals surface area contributed by atoms with Crippen LogP contribution in [-0.2, 0) is 0 Å². The van der Waals surface area contributed by atoms with Crippen molar-refractivity contribution in [1.82, 2.24) is 0 Å². The van der Waals surface area contributed by atoms with Crippen LogP contribution in [0.15, 0.2) is 36.4 Å². The lowest BCUT2D eigenvalue weighted by molar-refractivity contribution is 0.496. The normalized spacial score (nSPS) is 9.92. The maximum absolute atomic E-state index is 5.59. The Balaban J connectivity index is 2.19. The van der Waals surface area contributed by atoms with Gasteiger partial charge in [-0.15, -0.1) is 0 Å². The number of ether oxygens (including phenoxy) is 1. The molecule has 0 bridgehead atoms. The molecule has 0 N–H and O–H groups in total. The lowest BCUT2D eigenvalue weighted by Crippen LogP contribution is -1.80. The number of rotatable bonds is 2. The molecule has 0 aliphatic heterocycles. The SMILES string of the molecule is Cc1cccc(Oc2cc[c]s2)c1. The topological polar surface area (TPSA) is 9.23 Å². The van der Waals surface area contributed by atoms with Gasteiger partial charge in [0.05, 0.1) is 0 Å². The molecule has 1 nitrogen and oxygen atoms in total. The Morgan fingerprint density at radius 3 is 2.92 bits per heavy atom. The maximum atomic E-state index is 5.59. The van der Waals surface area contributed by atoms with Gasteiger partial charge >= 0.3 is 0 Å². The summed E-state index contributed by atoms with van der Waals surface area (Å²) in [7, 11) is 0. The van der Waals surface area contributed by atoms with E-state index >= 15 is 0 Å². The molecule has 0 atom stereocenters. The fraction of sp³-hybridized carbons (Fsp3) is 0.0909. The molecule has 1 radical (unpaired) electrons. The third-order valence-electron chi connectivity index (χ3n) is 1.65. The summed E-state index contributed by atoms with van der Waals surface area (Å²) in [5.74, 6) is 0.885. The molecule has 2 rings (SSSR count). The minimum Gasteiger partial charge on any atom is -0.447 e. The van der Waals surface area contributed by atoms with Crippen LogP contribution >= 0.6 is 11.3 Å². The number of hydrogen-bond acceptors (Lipinski definition) is 2. The van der Waals surface area contributed by atoms with Gasteiger partial charge in [0.2, 0.25) is 0 Å². The second-order valence-electron chi connectivity index (χ2n) is 2.79. The van der Waals surface area contributed by atoms with Gasteiger partial charge in [0, 0.05) is 5.38 Å². The standard InChI is InChI=1S/C11H9OS/c1-9-4-2-5-10(8-9)12-11-6-3-7-13-11/h2-6,8H,1H3. The van der Waals surface area contributed by atoms with E-state index in [4.69, 9.17) is 4.74 Å². The summed E-state index contributed by atoms with van der Waals surface area (Å²) in [6.07, 6.45) is 0. The van der Waals surface area contributed by atoms with Crippen molar-refractivity contribution in [2.75, 3.05) is 0 Å². The van der Waals surface area contributed by atoms with E-state index in [9.17, 15) is 0 Å². The molecule has 0 saturated heterocycles. The van der Waals surface area contributed by atoms with Crippen LogP contribution in [0.2, 0.25) is 0 Å². The van der Waals surface area contributed by atoms with E-state index in [0.29, 0.717) is 0 Å². The summed E-state index contributed by atoms with van der Waals surface area (Å²) in [6, 6.07) is 11.8. The molecule has 0 unspecified atom stereocenters. The maximum Gasteiger partial charge on any atom is 0.181 e. The van der Waals surface area contributed by atoms with E-state index in [-0.39, 0.29) is 0 Å². The number of hydrogen-bond donors (Lipinski definition) is 0. The van der Waals surface area contributed by atoms with Gasteiger partial charge < -0.3 is 4.74 Å². The predicted molar refractivity (Wildman–Crippen MR) is 54.4 cm³/mol. The van der Waals surface area contributed by atoms with E-state index in [1.54, 1.807) is 0 Å². The fourth-order valence-corrected chi connectivity index (χ4v) is 1.60. The minimum atomic E-state index is 0.880. The van der Waals surface area contributed by atoms with Gasteiger partial charge in [0.1, 0.15) is 5.75 Å². The van der Waals surface area contributed by atoms with Crippen molar-refractivity contribution in [3.05, 3.63) is 47.3 Å². The highest BCUT2D eigenvalue weighted by molar-refractivity contribution is 7.11. The zero-order valence-corrected chi connectivity index (χ0v) is 8.10. The van der Waals surface area contributed by atoms with E-state index in [0.717, 1.165) is 10.8 Å². The summed E-state index contributed by atoms with van der Waals surface area (Å²) >= 11 is 1.48. The van der Waals surface area contributed by atoms with Crippen molar-refractivity contribution in [1.29, 1.82) is 0 Å². The largest absolute Gasteiger partial charge is 0.447 e. The second kappa shape index (κ2) is 3.62. The van der Waals surface area contributed by atoms with Crippen LogP contribution in [0.4, 0.5) is 0 Å². The number of benzene rings is 1. The first-order valence-corrected chi connectivity index (χ1v) is 4.87. The van der Waals surface area contributed by atoms with Crippen molar-refractivity contribution in [3.8, 4) is 10.8 Å². The van der Waals surface area contributed by atoms with Crippen molar-refractivity contribution >= 4 is 11.3 Å². The van der Waals surface area contributed by atoms with Gasteiger partial charge in [-0.1, -0.05) is 23.5 Å². The van der Waals surface area contributed by atoms with E-state index < -0.39 is 0 Å². The summed E-state index contributed by atoms with van der Waals surface area (Å²) in [5, 5.41) is 3.86. The van der Waals surface area contributed by atoms with Crippen molar-refractivity contribution in [2.24, 2.45) is 0 Å². The van der Waals surface area contributed by atoms with Crippen molar-refractivity contribution in [2.45, 2.75) is 6.92 Å². The fourth-order valence-electron chi connectivity index (χ4n) is 1.08. The minimum absolute atomic E-state index is 0.880. The van der Waals surface area contributed by atoms with Gasteiger partial charge in [-0.2, -0.15) is 0 Å². The molecular formula is C11H9OS. The number of aryl methyl sites for hydroxylation is 1.